The summed E-state index contributed by atoms with van der Waals surface area (Å²) in [5.74, 6) is 0.131. The lowest BCUT2D eigenvalue weighted by Gasteiger charge is -2.36. The third kappa shape index (κ3) is 3.41. The number of carbonyl (C=O) groups excluding carboxylic acids is 1. The Kier molecular flexibility index (Phi) is 5.48. The first kappa shape index (κ1) is 18.9. The normalized spacial score (nSPS) is 14.5. The first-order valence-electron chi connectivity index (χ1n) is 9.44. The maximum absolute atomic E-state index is 13.0. The van der Waals surface area contributed by atoms with Gasteiger partial charge in [-0.2, -0.15) is 0 Å². The number of hydrogen-bond donors (Lipinski definition) is 0. The van der Waals surface area contributed by atoms with Gasteiger partial charge < -0.3 is 9.80 Å². The van der Waals surface area contributed by atoms with E-state index < -0.39 is 0 Å². The molecule has 1 aliphatic rings. The molecular weight excluding hydrogens is 344 g/mol. The Labute approximate surface area is 158 Å². The second-order valence-electron chi connectivity index (χ2n) is 6.66. The Hall–Kier alpha value is -2.83. The first-order valence-corrected chi connectivity index (χ1v) is 9.44. The Balaban J connectivity index is 2.08. The monoisotopic (exact) mass is 370 g/mol. The molecule has 1 aliphatic heterocycles. The maximum Gasteiger partial charge on any atom is 0.335 e. The van der Waals surface area contributed by atoms with Crippen molar-refractivity contribution in [3.8, 4) is 5.69 Å². The van der Waals surface area contributed by atoms with Gasteiger partial charge in [0.05, 0.1) is 11.4 Å². The van der Waals surface area contributed by atoms with Crippen LogP contribution >= 0.6 is 0 Å². The number of rotatable bonds is 4. The second-order valence-corrected chi connectivity index (χ2v) is 6.66. The topological polar surface area (TPSA) is 67.6 Å². The van der Waals surface area contributed by atoms with E-state index in [2.05, 4.69) is 0 Å². The summed E-state index contributed by atoms with van der Waals surface area (Å²) in [4.78, 5) is 41.7. The summed E-state index contributed by atoms with van der Waals surface area (Å²) in [6.07, 6.45) is 0.487. The van der Waals surface area contributed by atoms with Gasteiger partial charge in [0.15, 0.2) is 0 Å². The maximum atomic E-state index is 13.0. The van der Waals surface area contributed by atoms with Crippen molar-refractivity contribution in [1.82, 2.24) is 14.0 Å². The molecular formula is C20H26N4O3. The van der Waals surface area contributed by atoms with Crippen LogP contribution in [0.3, 0.4) is 0 Å². The minimum atomic E-state index is -0.324. The second kappa shape index (κ2) is 7.82. The number of nitrogens with zero attached hydrogens (tertiary/aromatic N) is 4. The van der Waals surface area contributed by atoms with Crippen LogP contribution in [0.15, 0.2) is 39.9 Å². The van der Waals surface area contributed by atoms with Crippen LogP contribution in [-0.2, 0) is 11.3 Å². The minimum absolute atomic E-state index is 0.131. The summed E-state index contributed by atoms with van der Waals surface area (Å²) >= 11 is 0. The lowest BCUT2D eigenvalue weighted by atomic mass is 10.2. The number of benzene rings is 1. The average Bonchev–Trinajstić information content (AvgIpc) is 2.69. The fourth-order valence-corrected chi connectivity index (χ4v) is 3.67. The molecule has 7 nitrogen and oxygen atoms in total. The van der Waals surface area contributed by atoms with Crippen molar-refractivity contribution in [2.75, 3.05) is 31.1 Å². The molecule has 1 fully saturated rings. The fraction of sp³-hybridized carbons (Fsp3) is 0.450. The van der Waals surface area contributed by atoms with Gasteiger partial charge in [0, 0.05) is 39.1 Å². The smallest absolute Gasteiger partial charge is 0.335 e. The van der Waals surface area contributed by atoms with Crippen LogP contribution in [0.5, 0.6) is 0 Å². The van der Waals surface area contributed by atoms with Crippen LogP contribution in [-0.4, -0.2) is 46.1 Å². The van der Waals surface area contributed by atoms with Crippen molar-refractivity contribution in [2.24, 2.45) is 0 Å². The molecule has 0 atom stereocenters. The van der Waals surface area contributed by atoms with Crippen LogP contribution in [0.2, 0.25) is 0 Å². The molecule has 2 aromatic rings. The fourth-order valence-electron chi connectivity index (χ4n) is 3.67. The van der Waals surface area contributed by atoms with E-state index in [9.17, 15) is 14.4 Å². The van der Waals surface area contributed by atoms with E-state index in [1.165, 1.54) is 4.57 Å². The van der Waals surface area contributed by atoms with Gasteiger partial charge >= 0.3 is 5.69 Å². The molecule has 144 valence electrons. The van der Waals surface area contributed by atoms with E-state index in [-0.39, 0.29) is 17.2 Å². The highest BCUT2D eigenvalue weighted by atomic mass is 16.2. The minimum Gasteiger partial charge on any atom is -0.362 e. The Morgan fingerprint density at radius 1 is 1.00 bits per heavy atom. The van der Waals surface area contributed by atoms with Gasteiger partial charge in [-0.25, -0.2) is 4.79 Å². The van der Waals surface area contributed by atoms with Crippen LogP contribution in [0.1, 0.15) is 26.0 Å². The van der Waals surface area contributed by atoms with Crippen molar-refractivity contribution in [3.05, 3.63) is 56.9 Å². The molecule has 0 radical (unpaired) electrons. The molecule has 1 amide bonds. The van der Waals surface area contributed by atoms with Gasteiger partial charge in [0.1, 0.15) is 5.69 Å². The molecule has 2 heterocycles. The number of anilines is 1. The summed E-state index contributed by atoms with van der Waals surface area (Å²) in [5.41, 5.74) is 1.33. The summed E-state index contributed by atoms with van der Waals surface area (Å²) in [6, 6.07) is 9.36. The molecule has 0 spiro atoms. The zero-order valence-electron chi connectivity index (χ0n) is 16.1. The van der Waals surface area contributed by atoms with E-state index >= 15 is 0 Å². The third-order valence-corrected chi connectivity index (χ3v) is 5.13. The number of piperazine rings is 1. The van der Waals surface area contributed by atoms with Crippen molar-refractivity contribution in [2.45, 2.75) is 33.7 Å². The zero-order valence-corrected chi connectivity index (χ0v) is 16.1. The highest BCUT2D eigenvalue weighted by Crippen LogP contribution is 2.19. The number of aromatic nitrogens is 2. The number of hydrogen-bond acceptors (Lipinski definition) is 4. The van der Waals surface area contributed by atoms with E-state index in [1.54, 1.807) is 11.5 Å². The van der Waals surface area contributed by atoms with Gasteiger partial charge in [-0.15, -0.1) is 0 Å². The molecule has 0 saturated carbocycles. The van der Waals surface area contributed by atoms with Crippen LogP contribution < -0.4 is 16.1 Å². The lowest BCUT2D eigenvalue weighted by Crippen LogP contribution is -2.52. The number of amides is 1. The van der Waals surface area contributed by atoms with E-state index in [4.69, 9.17) is 0 Å². The standard InChI is InChI=1S/C20H26N4O3/c1-4-17(25)21-11-13-22(14-12-21)18-15(3)24(16-9-7-6-8-10-16)20(27)23(5-2)19(18)26/h6-10H,4-5,11-14H2,1-3H3. The van der Waals surface area contributed by atoms with Crippen LogP contribution in [0.4, 0.5) is 5.69 Å². The van der Waals surface area contributed by atoms with Gasteiger partial charge in [0.2, 0.25) is 5.91 Å². The highest BCUT2D eigenvalue weighted by molar-refractivity contribution is 5.76. The van der Waals surface area contributed by atoms with Gasteiger partial charge in [-0.3, -0.25) is 18.7 Å². The quantitative estimate of drug-likeness (QED) is 0.816. The predicted octanol–water partition coefficient (Wildman–Crippen LogP) is 1.39. The first-order chi connectivity index (χ1) is 13.0. The van der Waals surface area contributed by atoms with Crippen LogP contribution in [0, 0.1) is 6.92 Å². The Bertz CT molecular complexity index is 938. The van der Waals surface area contributed by atoms with Gasteiger partial charge in [0.25, 0.3) is 5.56 Å². The SMILES string of the molecule is CCC(=O)N1CCN(c2c(C)n(-c3ccccc3)c(=O)n(CC)c2=O)CC1. The molecule has 3 rings (SSSR count). The molecule has 1 saturated heterocycles. The van der Waals surface area contributed by atoms with Crippen molar-refractivity contribution in [1.29, 1.82) is 0 Å². The molecule has 0 N–H and O–H groups in total. The Morgan fingerprint density at radius 2 is 1.63 bits per heavy atom. The number of para-hydroxylation sites is 1. The average molecular weight is 370 g/mol. The van der Waals surface area contributed by atoms with Crippen molar-refractivity contribution in [3.63, 3.8) is 0 Å². The largest absolute Gasteiger partial charge is 0.362 e. The predicted molar refractivity (Wildman–Crippen MR) is 106 cm³/mol. The molecule has 7 heteroatoms. The van der Waals surface area contributed by atoms with Crippen molar-refractivity contribution < 1.29 is 4.79 Å². The molecule has 27 heavy (non-hydrogen) atoms. The zero-order chi connectivity index (χ0) is 19.6. The molecule has 0 aliphatic carbocycles. The third-order valence-electron chi connectivity index (χ3n) is 5.13. The molecule has 0 bridgehead atoms. The summed E-state index contributed by atoms with van der Waals surface area (Å²) in [7, 11) is 0. The van der Waals surface area contributed by atoms with E-state index in [1.807, 2.05) is 54.0 Å². The summed E-state index contributed by atoms with van der Waals surface area (Å²) in [6.45, 7) is 8.12. The summed E-state index contributed by atoms with van der Waals surface area (Å²) < 4.78 is 2.88. The van der Waals surface area contributed by atoms with Crippen molar-refractivity contribution >= 4 is 11.6 Å². The molecule has 0 unspecified atom stereocenters. The number of carbonyl (C=O) groups is 1. The summed E-state index contributed by atoms with van der Waals surface area (Å²) in [5, 5.41) is 0. The van der Waals surface area contributed by atoms with Crippen LogP contribution in [0.25, 0.3) is 5.69 Å². The highest BCUT2D eigenvalue weighted by Gasteiger charge is 2.26. The lowest BCUT2D eigenvalue weighted by molar-refractivity contribution is -0.131. The molecule has 1 aromatic heterocycles. The van der Waals surface area contributed by atoms with Gasteiger partial charge in [-0.1, -0.05) is 25.1 Å². The Morgan fingerprint density at radius 3 is 2.19 bits per heavy atom. The van der Waals surface area contributed by atoms with E-state index in [0.717, 1.165) is 5.69 Å². The van der Waals surface area contributed by atoms with Gasteiger partial charge in [-0.05, 0) is 26.0 Å². The molecule has 1 aromatic carbocycles. The van der Waals surface area contributed by atoms with E-state index in [0.29, 0.717) is 50.5 Å².